The summed E-state index contributed by atoms with van der Waals surface area (Å²) < 4.78 is 5.96. The number of hydrogen-bond acceptors (Lipinski definition) is 5. The maximum atomic E-state index is 14.5. The van der Waals surface area contributed by atoms with Crippen LogP contribution in [0.5, 0.6) is 0 Å². The number of unbranched alkanes of at least 4 members (excludes halogenated alkanes) is 7. The third-order valence-corrected chi connectivity index (χ3v) is 16.7. The van der Waals surface area contributed by atoms with E-state index in [9.17, 15) is 19.2 Å². The van der Waals surface area contributed by atoms with Crippen molar-refractivity contribution in [1.29, 1.82) is 0 Å². The van der Waals surface area contributed by atoms with Crippen LogP contribution in [0.4, 0.5) is 0 Å². The Morgan fingerprint density at radius 3 is 2.09 bits per heavy atom. The van der Waals surface area contributed by atoms with Crippen LogP contribution >= 0.6 is 0 Å². The first-order chi connectivity index (χ1) is 25.2. The molecule has 4 saturated carbocycles. The Morgan fingerprint density at radius 1 is 0.815 bits per heavy atom. The molecule has 8 heteroatoms. The van der Waals surface area contributed by atoms with E-state index in [1.807, 2.05) is 0 Å². The first-order valence-corrected chi connectivity index (χ1v) is 21.9. The second-order valence-electron chi connectivity index (χ2n) is 20.8. The van der Waals surface area contributed by atoms with Crippen molar-refractivity contribution in [3.8, 4) is 0 Å². The second-order valence-corrected chi connectivity index (χ2v) is 20.8. The van der Waals surface area contributed by atoms with E-state index in [0.717, 1.165) is 109 Å². The minimum atomic E-state index is -1.01. The van der Waals surface area contributed by atoms with Crippen LogP contribution in [0.1, 0.15) is 184 Å². The van der Waals surface area contributed by atoms with Crippen molar-refractivity contribution in [1.82, 2.24) is 10.6 Å². The molecule has 0 saturated heterocycles. The van der Waals surface area contributed by atoms with E-state index in [0.29, 0.717) is 30.1 Å². The molecule has 0 radical (unpaired) electrons. The van der Waals surface area contributed by atoms with E-state index in [1.165, 1.54) is 19.8 Å². The molecule has 8 nitrogen and oxygen atoms in total. The molecule has 5 aliphatic carbocycles. The van der Waals surface area contributed by atoms with Gasteiger partial charge < -0.3 is 20.5 Å². The van der Waals surface area contributed by atoms with Gasteiger partial charge in [-0.1, -0.05) is 98.6 Å². The van der Waals surface area contributed by atoms with Gasteiger partial charge in [0.2, 0.25) is 11.8 Å². The van der Waals surface area contributed by atoms with E-state index < -0.39 is 12.0 Å². The van der Waals surface area contributed by atoms with Gasteiger partial charge in [-0.05, 0) is 123 Å². The molecule has 3 N–H and O–H groups in total. The summed E-state index contributed by atoms with van der Waals surface area (Å²) in [6.45, 7) is 21.1. The summed E-state index contributed by atoms with van der Waals surface area (Å²) in [5.74, 6) is 0.348. The fourth-order valence-electron chi connectivity index (χ4n) is 13.3. The fraction of sp³-hybridized carbons (Fsp3) is 0.870. The molecule has 306 valence electrons. The Labute approximate surface area is 327 Å². The molecule has 4 fully saturated rings. The van der Waals surface area contributed by atoms with Gasteiger partial charge in [0.15, 0.2) is 0 Å². The number of nitrogens with one attached hydrogen (secondary N) is 2. The Hall–Kier alpha value is -2.38. The summed E-state index contributed by atoms with van der Waals surface area (Å²) in [4.78, 5) is 49.3. The van der Waals surface area contributed by atoms with E-state index in [-0.39, 0.29) is 50.5 Å². The molecule has 3 unspecified atom stereocenters. The Kier molecular flexibility index (Phi) is 12.9. The van der Waals surface area contributed by atoms with Crippen molar-refractivity contribution in [2.45, 2.75) is 196 Å². The molecular formula is C46H76N2O6. The number of esters is 1. The first kappa shape index (κ1) is 42.8. The van der Waals surface area contributed by atoms with Crippen LogP contribution in [-0.4, -0.2) is 47.6 Å². The van der Waals surface area contributed by atoms with E-state index in [4.69, 9.17) is 9.84 Å². The largest absolute Gasteiger partial charge is 0.480 e. The molecule has 0 bridgehead atoms. The monoisotopic (exact) mass is 753 g/mol. The van der Waals surface area contributed by atoms with Crippen molar-refractivity contribution in [3.63, 3.8) is 0 Å². The molecule has 0 aliphatic heterocycles. The van der Waals surface area contributed by atoms with Gasteiger partial charge in [0.1, 0.15) is 12.1 Å². The molecule has 54 heavy (non-hydrogen) atoms. The number of carboxylic acids is 1. The zero-order valence-corrected chi connectivity index (χ0v) is 35.6. The van der Waals surface area contributed by atoms with Crippen LogP contribution in [0, 0.1) is 50.2 Å². The second kappa shape index (κ2) is 16.2. The quantitative estimate of drug-likeness (QED) is 0.0870. The SMILES string of the molecule is CC(=O)O[C@H]1CC[C@@]2(C)C(CC[C@]3(C)C2CC=C2C4CC(C)(C)CC[C@]4(C(=O)NCCCCCCCCCCC(=O)N[C@@H](C)C(=O)O)CC[C@]23C)C1(C)C. The number of hydrogen-bond donors (Lipinski definition) is 3. The lowest BCUT2D eigenvalue weighted by Gasteiger charge is -2.71. The summed E-state index contributed by atoms with van der Waals surface area (Å²) in [6.07, 6.45) is 22.2. The van der Waals surface area contributed by atoms with Crippen LogP contribution in [0.25, 0.3) is 0 Å². The van der Waals surface area contributed by atoms with Gasteiger partial charge in [0.05, 0.1) is 5.41 Å². The van der Waals surface area contributed by atoms with Crippen LogP contribution in [0.15, 0.2) is 11.6 Å². The predicted molar refractivity (Wildman–Crippen MR) is 214 cm³/mol. The van der Waals surface area contributed by atoms with E-state index in [2.05, 4.69) is 65.2 Å². The van der Waals surface area contributed by atoms with Gasteiger partial charge in [-0.15, -0.1) is 0 Å². The number of amides is 2. The van der Waals surface area contributed by atoms with E-state index >= 15 is 0 Å². The highest BCUT2D eigenvalue weighted by molar-refractivity contribution is 5.84. The highest BCUT2D eigenvalue weighted by atomic mass is 16.5. The van der Waals surface area contributed by atoms with Crippen molar-refractivity contribution < 1.29 is 29.0 Å². The smallest absolute Gasteiger partial charge is 0.325 e. The number of carboxylic acid groups (broad SMARTS) is 1. The Morgan fingerprint density at radius 2 is 1.44 bits per heavy atom. The number of allylic oxidation sites excluding steroid dienone is 2. The van der Waals surface area contributed by atoms with Crippen molar-refractivity contribution in [3.05, 3.63) is 11.6 Å². The van der Waals surface area contributed by atoms with Gasteiger partial charge in [0.25, 0.3) is 0 Å². The number of ether oxygens (including phenoxy) is 1. The minimum Gasteiger partial charge on any atom is -0.480 e. The first-order valence-electron chi connectivity index (χ1n) is 21.9. The third-order valence-electron chi connectivity index (χ3n) is 16.7. The molecule has 0 aromatic carbocycles. The van der Waals surface area contributed by atoms with Crippen molar-refractivity contribution in [2.24, 2.45) is 50.2 Å². The summed E-state index contributed by atoms with van der Waals surface area (Å²) >= 11 is 0. The van der Waals surface area contributed by atoms with Crippen LogP contribution < -0.4 is 10.6 Å². The molecule has 5 rings (SSSR count). The Bertz CT molecular complexity index is 1440. The number of rotatable bonds is 15. The molecule has 0 aromatic rings. The molecule has 2 amide bonds. The number of aliphatic carboxylic acids is 1. The van der Waals surface area contributed by atoms with Gasteiger partial charge in [-0.2, -0.15) is 0 Å². The molecular weight excluding hydrogens is 677 g/mol. The summed E-state index contributed by atoms with van der Waals surface area (Å²) in [5, 5.41) is 14.9. The number of fused-ring (bicyclic) bond motifs is 7. The summed E-state index contributed by atoms with van der Waals surface area (Å²) in [6, 6.07) is -0.840. The molecule has 5 aliphatic rings. The predicted octanol–water partition coefficient (Wildman–Crippen LogP) is 9.94. The van der Waals surface area contributed by atoms with Gasteiger partial charge in [-0.3, -0.25) is 19.2 Å². The third kappa shape index (κ3) is 8.06. The van der Waals surface area contributed by atoms with Gasteiger partial charge in [-0.25, -0.2) is 0 Å². The standard InChI is InChI=1S/C46H76N2O6/c1-31(39(51)52)48-38(50)18-16-14-12-10-11-13-15-17-29-47-40(53)46-27-25-41(3,4)30-34(46)33-19-20-36-43(7)23-22-37(54-32(2)49)42(5,6)35(43)21-24-45(36,9)44(33,8)26-28-46/h19,31,34-37H,10-18,20-30H2,1-9H3,(H,47,53)(H,48,50)(H,51,52)/t31-,34?,35?,36?,37-,43-,44+,45+,46-/m0/s1. The lowest BCUT2D eigenvalue weighted by Crippen LogP contribution is -2.65. The van der Waals surface area contributed by atoms with Crippen molar-refractivity contribution >= 4 is 23.8 Å². The highest BCUT2D eigenvalue weighted by Crippen LogP contribution is 2.75. The summed E-state index contributed by atoms with van der Waals surface area (Å²) in [7, 11) is 0. The van der Waals surface area contributed by atoms with Crippen LogP contribution in [-0.2, 0) is 23.9 Å². The normalized spacial score (nSPS) is 36.9. The zero-order valence-electron chi connectivity index (χ0n) is 35.6. The molecule has 0 spiro atoms. The average molecular weight is 753 g/mol. The van der Waals surface area contributed by atoms with E-state index in [1.54, 1.807) is 12.5 Å². The number of carbonyl (C=O) groups excluding carboxylic acids is 3. The lowest BCUT2D eigenvalue weighted by atomic mass is 9.33. The fourth-order valence-corrected chi connectivity index (χ4v) is 13.3. The minimum absolute atomic E-state index is 0.0116. The molecule has 0 heterocycles. The van der Waals surface area contributed by atoms with Crippen molar-refractivity contribution in [2.75, 3.05) is 6.54 Å². The molecule has 9 atom stereocenters. The maximum absolute atomic E-state index is 14.5. The molecule has 0 aromatic heterocycles. The van der Waals surface area contributed by atoms with Crippen LogP contribution in [0.2, 0.25) is 0 Å². The summed E-state index contributed by atoms with van der Waals surface area (Å²) in [5.41, 5.74) is 1.92. The maximum Gasteiger partial charge on any atom is 0.325 e. The Balaban J connectivity index is 1.17. The zero-order chi connectivity index (χ0) is 39.7. The topological polar surface area (TPSA) is 122 Å². The highest BCUT2D eigenvalue weighted by Gasteiger charge is 2.69. The van der Waals surface area contributed by atoms with Crippen LogP contribution in [0.3, 0.4) is 0 Å². The van der Waals surface area contributed by atoms with Gasteiger partial charge in [0, 0.05) is 25.3 Å². The number of carbonyl (C=O) groups is 4. The van der Waals surface area contributed by atoms with Gasteiger partial charge >= 0.3 is 11.9 Å². The lowest BCUT2D eigenvalue weighted by molar-refractivity contribution is -0.212. The average Bonchev–Trinajstić information content (AvgIpc) is 3.08.